The van der Waals surface area contributed by atoms with E-state index >= 15 is 0 Å². The maximum absolute atomic E-state index is 12.9. The van der Waals surface area contributed by atoms with Gasteiger partial charge in [0.1, 0.15) is 0 Å². The summed E-state index contributed by atoms with van der Waals surface area (Å²) in [4.78, 5) is 16.3. The van der Waals surface area contributed by atoms with Gasteiger partial charge in [-0.05, 0) is 49.8 Å². The van der Waals surface area contributed by atoms with Crippen LogP contribution in [0.15, 0.2) is 24.4 Å². The molecule has 3 N–H and O–H groups in total. The minimum Gasteiger partial charge on any atom is -0.361 e. The van der Waals surface area contributed by atoms with Gasteiger partial charge in [-0.3, -0.25) is 4.79 Å². The molecular formula is C20H28ClN3O. The van der Waals surface area contributed by atoms with E-state index in [4.69, 9.17) is 0 Å². The van der Waals surface area contributed by atoms with Crippen LogP contribution in [-0.2, 0) is 11.2 Å². The number of H-pyrrole nitrogens is 1. The Kier molecular flexibility index (Phi) is 5.40. The summed E-state index contributed by atoms with van der Waals surface area (Å²) in [5.74, 6) is 0.801. The van der Waals surface area contributed by atoms with Crippen LogP contribution < -0.4 is 10.6 Å². The lowest BCUT2D eigenvalue weighted by atomic mass is 9.67. The Balaban J connectivity index is 0.00000182. The second kappa shape index (κ2) is 7.38. The van der Waals surface area contributed by atoms with Crippen LogP contribution in [0.2, 0.25) is 0 Å². The van der Waals surface area contributed by atoms with Crippen LogP contribution in [0.4, 0.5) is 0 Å². The summed E-state index contributed by atoms with van der Waals surface area (Å²) in [6, 6.07) is 6.38. The van der Waals surface area contributed by atoms with Crippen LogP contribution in [0, 0.1) is 18.3 Å². The summed E-state index contributed by atoms with van der Waals surface area (Å²) in [5.41, 5.74) is 3.62. The van der Waals surface area contributed by atoms with Gasteiger partial charge in [0.25, 0.3) is 0 Å². The van der Waals surface area contributed by atoms with Gasteiger partial charge in [-0.2, -0.15) is 0 Å². The number of nitrogens with one attached hydrogen (secondary N) is 3. The summed E-state index contributed by atoms with van der Waals surface area (Å²) in [5, 5.41) is 7.97. The Morgan fingerprint density at radius 2 is 2.24 bits per heavy atom. The van der Waals surface area contributed by atoms with Gasteiger partial charge in [0, 0.05) is 30.2 Å². The van der Waals surface area contributed by atoms with Crippen molar-refractivity contribution >= 4 is 29.2 Å². The third-order valence-corrected chi connectivity index (χ3v) is 6.18. The number of hydrogen-bond acceptors (Lipinski definition) is 2. The lowest BCUT2D eigenvalue weighted by molar-refractivity contribution is -0.133. The minimum absolute atomic E-state index is 0. The normalized spacial score (nSPS) is 25.4. The van der Waals surface area contributed by atoms with Gasteiger partial charge in [-0.15, -0.1) is 12.4 Å². The standard InChI is InChI=1S/C20H27N3O.ClH/c1-14-5-4-7-17-15(11-23-18(14)17)8-10-22-19(24)20-9-3-2-6-16(20)12-21-13-20;/h4-5,7,11,16,21,23H,2-3,6,8-10,12-13H2,1H3,(H,22,24);1H/t16-,20+;/m0./s1. The maximum atomic E-state index is 12.9. The van der Waals surface area contributed by atoms with E-state index in [1.165, 1.54) is 41.3 Å². The van der Waals surface area contributed by atoms with Gasteiger partial charge in [0.2, 0.25) is 5.91 Å². The number of halogens is 1. The second-order valence-electron chi connectivity index (χ2n) is 7.55. The third-order valence-electron chi connectivity index (χ3n) is 6.18. The predicted octanol–water partition coefficient (Wildman–Crippen LogP) is 3.34. The molecule has 1 aliphatic carbocycles. The maximum Gasteiger partial charge on any atom is 0.227 e. The largest absolute Gasteiger partial charge is 0.361 e. The minimum atomic E-state index is -0.144. The van der Waals surface area contributed by atoms with Crippen molar-refractivity contribution in [2.24, 2.45) is 11.3 Å². The summed E-state index contributed by atoms with van der Waals surface area (Å²) in [6.45, 7) is 4.71. The van der Waals surface area contributed by atoms with Gasteiger partial charge in [-0.25, -0.2) is 0 Å². The van der Waals surface area contributed by atoms with Crippen LogP contribution in [0.1, 0.15) is 36.8 Å². The number of benzene rings is 1. The molecule has 0 radical (unpaired) electrons. The SMILES string of the molecule is Cc1cccc2c(CCNC(=O)[C@@]34CCCC[C@H]3CNC4)c[nH]c12.Cl. The molecule has 4 nitrogen and oxygen atoms in total. The number of aromatic amines is 1. The first-order valence-corrected chi connectivity index (χ1v) is 9.25. The molecule has 25 heavy (non-hydrogen) atoms. The molecule has 5 heteroatoms. The van der Waals surface area contributed by atoms with Crippen molar-refractivity contribution in [1.29, 1.82) is 0 Å². The molecule has 2 heterocycles. The van der Waals surface area contributed by atoms with E-state index in [2.05, 4.69) is 46.9 Å². The highest BCUT2D eigenvalue weighted by molar-refractivity contribution is 5.86. The smallest absolute Gasteiger partial charge is 0.227 e. The molecule has 2 fully saturated rings. The Hall–Kier alpha value is -1.52. The van der Waals surface area contributed by atoms with Gasteiger partial charge >= 0.3 is 0 Å². The molecule has 0 spiro atoms. The van der Waals surface area contributed by atoms with E-state index in [9.17, 15) is 4.79 Å². The first-order chi connectivity index (χ1) is 11.7. The van der Waals surface area contributed by atoms with Gasteiger partial charge in [0.05, 0.1) is 5.41 Å². The fraction of sp³-hybridized carbons (Fsp3) is 0.550. The molecule has 2 aliphatic rings. The number of fused-ring (bicyclic) bond motifs is 2. The first-order valence-electron chi connectivity index (χ1n) is 9.25. The molecule has 2 atom stereocenters. The number of para-hydroxylation sites is 1. The fourth-order valence-electron chi connectivity index (χ4n) is 4.75. The number of amides is 1. The average Bonchev–Trinajstić information content (AvgIpc) is 3.20. The van der Waals surface area contributed by atoms with Gasteiger partial charge < -0.3 is 15.6 Å². The molecule has 4 rings (SSSR count). The quantitative estimate of drug-likeness (QED) is 0.782. The molecule has 0 unspecified atom stereocenters. The summed E-state index contributed by atoms with van der Waals surface area (Å²) < 4.78 is 0. The fourth-order valence-corrected chi connectivity index (χ4v) is 4.75. The Morgan fingerprint density at radius 1 is 1.36 bits per heavy atom. The van der Waals surface area contributed by atoms with E-state index < -0.39 is 0 Å². The molecule has 1 saturated heterocycles. The lowest BCUT2D eigenvalue weighted by Gasteiger charge is -2.37. The number of carbonyl (C=O) groups is 1. The van der Waals surface area contributed by atoms with Crippen LogP contribution in [0.5, 0.6) is 0 Å². The number of carbonyl (C=O) groups excluding carboxylic acids is 1. The highest BCUT2D eigenvalue weighted by Gasteiger charge is 2.49. The highest BCUT2D eigenvalue weighted by atomic mass is 35.5. The molecule has 136 valence electrons. The summed E-state index contributed by atoms with van der Waals surface area (Å²) in [6.07, 6.45) is 7.67. The summed E-state index contributed by atoms with van der Waals surface area (Å²) in [7, 11) is 0. The number of rotatable bonds is 4. The van der Waals surface area contributed by atoms with Crippen LogP contribution in [0.3, 0.4) is 0 Å². The Labute approximate surface area is 155 Å². The van der Waals surface area contributed by atoms with E-state index in [-0.39, 0.29) is 23.7 Å². The molecule has 1 amide bonds. The van der Waals surface area contributed by atoms with E-state index in [0.29, 0.717) is 12.5 Å². The number of aryl methyl sites for hydroxylation is 1. The first kappa shape index (κ1) is 18.3. The molecular weight excluding hydrogens is 334 g/mol. The zero-order valence-electron chi connectivity index (χ0n) is 14.9. The molecule has 1 aromatic heterocycles. The molecule has 1 aromatic carbocycles. The third kappa shape index (κ3) is 3.18. The van der Waals surface area contributed by atoms with Crippen molar-refractivity contribution < 1.29 is 4.79 Å². The zero-order valence-corrected chi connectivity index (χ0v) is 15.7. The Bertz CT molecular complexity index is 756. The van der Waals surface area contributed by atoms with E-state index in [0.717, 1.165) is 25.9 Å². The molecule has 0 bridgehead atoms. The monoisotopic (exact) mass is 361 g/mol. The van der Waals surface area contributed by atoms with Crippen LogP contribution >= 0.6 is 12.4 Å². The Morgan fingerprint density at radius 3 is 3.12 bits per heavy atom. The topological polar surface area (TPSA) is 56.9 Å². The van der Waals surface area contributed by atoms with Crippen LogP contribution in [0.25, 0.3) is 10.9 Å². The molecule has 2 aromatic rings. The highest BCUT2D eigenvalue weighted by Crippen LogP contribution is 2.43. The van der Waals surface area contributed by atoms with Gasteiger partial charge in [-0.1, -0.05) is 31.0 Å². The molecule has 1 saturated carbocycles. The number of aromatic nitrogens is 1. The van der Waals surface area contributed by atoms with Crippen molar-refractivity contribution in [3.8, 4) is 0 Å². The number of hydrogen-bond donors (Lipinski definition) is 3. The summed E-state index contributed by atoms with van der Waals surface area (Å²) >= 11 is 0. The zero-order chi connectivity index (χ0) is 16.6. The average molecular weight is 362 g/mol. The van der Waals surface area contributed by atoms with E-state index in [1.54, 1.807) is 0 Å². The lowest BCUT2D eigenvalue weighted by Crippen LogP contribution is -2.48. The predicted molar refractivity (Wildman–Crippen MR) is 104 cm³/mol. The van der Waals surface area contributed by atoms with Crippen molar-refractivity contribution in [1.82, 2.24) is 15.6 Å². The van der Waals surface area contributed by atoms with Crippen LogP contribution in [-0.4, -0.2) is 30.5 Å². The van der Waals surface area contributed by atoms with Crippen molar-refractivity contribution in [2.75, 3.05) is 19.6 Å². The van der Waals surface area contributed by atoms with E-state index in [1.807, 2.05) is 0 Å². The van der Waals surface area contributed by atoms with Crippen molar-refractivity contribution in [3.63, 3.8) is 0 Å². The molecule has 1 aliphatic heterocycles. The van der Waals surface area contributed by atoms with Crippen molar-refractivity contribution in [3.05, 3.63) is 35.5 Å². The van der Waals surface area contributed by atoms with Crippen molar-refractivity contribution in [2.45, 2.75) is 39.0 Å². The van der Waals surface area contributed by atoms with Gasteiger partial charge in [0.15, 0.2) is 0 Å². The second-order valence-corrected chi connectivity index (χ2v) is 7.55.